The Morgan fingerprint density at radius 2 is 2.05 bits per heavy atom. The van der Waals surface area contributed by atoms with Crippen LogP contribution < -0.4 is 0 Å². The van der Waals surface area contributed by atoms with Crippen molar-refractivity contribution in [2.45, 2.75) is 23.5 Å². The number of hydrogen-bond acceptors (Lipinski definition) is 4. The Bertz CT molecular complexity index is 664. The van der Waals surface area contributed by atoms with Gasteiger partial charge < -0.3 is 9.84 Å². The summed E-state index contributed by atoms with van der Waals surface area (Å²) in [5.41, 5.74) is 0. The van der Waals surface area contributed by atoms with Crippen LogP contribution in [0.15, 0.2) is 23.1 Å². The van der Waals surface area contributed by atoms with Gasteiger partial charge in [0.2, 0.25) is 10.0 Å². The molecule has 1 heterocycles. The van der Waals surface area contributed by atoms with Crippen molar-refractivity contribution in [2.75, 3.05) is 13.7 Å². The second-order valence-corrected chi connectivity index (χ2v) is 6.49. The highest BCUT2D eigenvalue weighted by Gasteiger charge is 2.44. The van der Waals surface area contributed by atoms with E-state index in [1.165, 1.54) is 7.11 Å². The molecule has 1 N–H and O–H groups in total. The number of sulfonamides is 1. The van der Waals surface area contributed by atoms with E-state index in [2.05, 4.69) is 0 Å². The van der Waals surface area contributed by atoms with Gasteiger partial charge >= 0.3 is 5.97 Å². The number of ether oxygens (including phenoxy) is 1. The van der Waals surface area contributed by atoms with Gasteiger partial charge in [-0.3, -0.25) is 4.79 Å². The lowest BCUT2D eigenvalue weighted by atomic mass is 10.2. The SMILES string of the molecule is COC1CC(C(=O)O)N(S(=O)(=O)c2ccc(F)c(F)c2)C1. The zero-order valence-electron chi connectivity index (χ0n) is 11.0. The summed E-state index contributed by atoms with van der Waals surface area (Å²) in [5.74, 6) is -3.81. The van der Waals surface area contributed by atoms with Crippen molar-refractivity contribution in [3.8, 4) is 0 Å². The molecule has 116 valence electrons. The minimum absolute atomic E-state index is 0.00522. The standard InChI is InChI=1S/C12H13F2NO5S/c1-20-7-4-11(12(16)17)15(6-7)21(18,19)8-2-3-9(13)10(14)5-8/h2-3,5,7,11H,4,6H2,1H3,(H,16,17). The number of rotatable bonds is 4. The molecule has 0 aromatic heterocycles. The van der Waals surface area contributed by atoms with Gasteiger partial charge in [-0.1, -0.05) is 0 Å². The van der Waals surface area contributed by atoms with Gasteiger partial charge in [0.1, 0.15) is 6.04 Å². The summed E-state index contributed by atoms with van der Waals surface area (Å²) in [7, 11) is -2.90. The highest BCUT2D eigenvalue weighted by atomic mass is 32.2. The van der Waals surface area contributed by atoms with E-state index in [1.807, 2.05) is 0 Å². The summed E-state index contributed by atoms with van der Waals surface area (Å²) < 4.78 is 56.6. The number of carboxylic acids is 1. The summed E-state index contributed by atoms with van der Waals surface area (Å²) in [6.07, 6.45) is -0.569. The summed E-state index contributed by atoms with van der Waals surface area (Å²) in [4.78, 5) is 10.7. The van der Waals surface area contributed by atoms with Gasteiger partial charge in [0.25, 0.3) is 0 Å². The molecule has 1 aromatic rings. The van der Waals surface area contributed by atoms with Crippen LogP contribution in [0.25, 0.3) is 0 Å². The van der Waals surface area contributed by atoms with E-state index >= 15 is 0 Å². The molecule has 9 heteroatoms. The Morgan fingerprint density at radius 3 is 2.57 bits per heavy atom. The molecule has 1 aliphatic heterocycles. The normalized spacial score (nSPS) is 23.4. The molecule has 2 rings (SSSR count). The maximum Gasteiger partial charge on any atom is 0.322 e. The molecule has 0 bridgehead atoms. The largest absolute Gasteiger partial charge is 0.480 e. The van der Waals surface area contributed by atoms with Crippen molar-refractivity contribution in [1.29, 1.82) is 0 Å². The van der Waals surface area contributed by atoms with Crippen molar-refractivity contribution < 1.29 is 31.8 Å². The monoisotopic (exact) mass is 321 g/mol. The van der Waals surface area contributed by atoms with Gasteiger partial charge in [0, 0.05) is 20.1 Å². The van der Waals surface area contributed by atoms with Crippen molar-refractivity contribution in [3.05, 3.63) is 29.8 Å². The van der Waals surface area contributed by atoms with E-state index in [-0.39, 0.29) is 13.0 Å². The van der Waals surface area contributed by atoms with Crippen LogP contribution in [-0.4, -0.2) is 49.6 Å². The smallest absolute Gasteiger partial charge is 0.322 e. The molecule has 6 nitrogen and oxygen atoms in total. The van der Waals surface area contributed by atoms with Gasteiger partial charge in [-0.2, -0.15) is 4.31 Å². The average Bonchev–Trinajstić information content (AvgIpc) is 2.87. The van der Waals surface area contributed by atoms with Crippen molar-refractivity contribution >= 4 is 16.0 Å². The van der Waals surface area contributed by atoms with Crippen molar-refractivity contribution in [3.63, 3.8) is 0 Å². The molecule has 1 aliphatic rings. The minimum atomic E-state index is -4.25. The predicted octanol–water partition coefficient (Wildman–Crippen LogP) is 0.827. The van der Waals surface area contributed by atoms with Gasteiger partial charge in [0.15, 0.2) is 11.6 Å². The number of halogens is 2. The molecule has 1 fully saturated rings. The molecule has 2 atom stereocenters. The number of nitrogens with zero attached hydrogens (tertiary/aromatic N) is 1. The lowest BCUT2D eigenvalue weighted by molar-refractivity contribution is -0.140. The fourth-order valence-corrected chi connectivity index (χ4v) is 3.84. The van der Waals surface area contributed by atoms with Crippen molar-refractivity contribution in [2.24, 2.45) is 0 Å². The number of benzene rings is 1. The number of hydrogen-bond donors (Lipinski definition) is 1. The third kappa shape index (κ3) is 2.89. The topological polar surface area (TPSA) is 83.9 Å². The van der Waals surface area contributed by atoms with E-state index in [0.717, 1.165) is 10.4 Å². The quantitative estimate of drug-likeness (QED) is 0.888. The first-order valence-electron chi connectivity index (χ1n) is 6.00. The van der Waals surface area contributed by atoms with E-state index in [1.54, 1.807) is 0 Å². The van der Waals surface area contributed by atoms with Crippen LogP contribution in [0, 0.1) is 11.6 Å². The molecular formula is C12H13F2NO5S. The molecule has 0 saturated carbocycles. The van der Waals surface area contributed by atoms with Crippen LogP contribution in [0.3, 0.4) is 0 Å². The maximum absolute atomic E-state index is 13.2. The molecular weight excluding hydrogens is 308 g/mol. The lowest BCUT2D eigenvalue weighted by Gasteiger charge is -2.20. The molecule has 1 aromatic carbocycles. The highest BCUT2D eigenvalue weighted by molar-refractivity contribution is 7.89. The van der Waals surface area contributed by atoms with Crippen LogP contribution in [-0.2, 0) is 19.6 Å². The van der Waals surface area contributed by atoms with E-state index in [4.69, 9.17) is 9.84 Å². The second-order valence-electron chi connectivity index (χ2n) is 4.60. The summed E-state index contributed by atoms with van der Waals surface area (Å²) in [6, 6.07) is 0.811. The minimum Gasteiger partial charge on any atom is -0.480 e. The Labute approximate surface area is 120 Å². The molecule has 0 amide bonds. The third-order valence-electron chi connectivity index (χ3n) is 3.33. The molecule has 1 saturated heterocycles. The Morgan fingerprint density at radius 1 is 1.38 bits per heavy atom. The molecule has 0 radical (unpaired) electrons. The fourth-order valence-electron chi connectivity index (χ4n) is 2.20. The van der Waals surface area contributed by atoms with Crippen LogP contribution in [0.4, 0.5) is 8.78 Å². The lowest BCUT2D eigenvalue weighted by Crippen LogP contribution is -2.40. The van der Waals surface area contributed by atoms with Gasteiger partial charge in [-0.25, -0.2) is 17.2 Å². The Kier molecular flexibility index (Phi) is 4.26. The van der Waals surface area contributed by atoms with E-state index in [0.29, 0.717) is 12.1 Å². The number of carboxylic acid groups (broad SMARTS) is 1. The zero-order chi connectivity index (χ0) is 15.8. The molecule has 0 spiro atoms. The summed E-state index contributed by atoms with van der Waals surface area (Å²) >= 11 is 0. The van der Waals surface area contributed by atoms with Crippen LogP contribution in [0.5, 0.6) is 0 Å². The second kappa shape index (κ2) is 5.66. The zero-order valence-corrected chi connectivity index (χ0v) is 11.8. The Hall–Kier alpha value is -1.58. The number of carbonyl (C=O) groups is 1. The highest BCUT2D eigenvalue weighted by Crippen LogP contribution is 2.28. The van der Waals surface area contributed by atoms with Crippen molar-refractivity contribution in [1.82, 2.24) is 4.31 Å². The van der Waals surface area contributed by atoms with E-state index in [9.17, 15) is 22.0 Å². The average molecular weight is 321 g/mol. The van der Waals surface area contributed by atoms with Crippen LogP contribution in [0.2, 0.25) is 0 Å². The van der Waals surface area contributed by atoms with Gasteiger partial charge in [-0.15, -0.1) is 0 Å². The summed E-state index contributed by atoms with van der Waals surface area (Å²) in [6.45, 7) is -0.158. The first-order valence-corrected chi connectivity index (χ1v) is 7.44. The third-order valence-corrected chi connectivity index (χ3v) is 5.20. The fraction of sp³-hybridized carbons (Fsp3) is 0.417. The van der Waals surface area contributed by atoms with E-state index < -0.39 is 44.7 Å². The first kappa shape index (κ1) is 15.8. The van der Waals surface area contributed by atoms with Crippen LogP contribution >= 0.6 is 0 Å². The number of aliphatic carboxylic acids is 1. The Balaban J connectivity index is 2.41. The molecule has 2 unspecified atom stereocenters. The number of methoxy groups -OCH3 is 1. The molecule has 21 heavy (non-hydrogen) atoms. The summed E-state index contributed by atoms with van der Waals surface area (Å²) in [5, 5.41) is 9.11. The first-order chi connectivity index (χ1) is 9.77. The predicted molar refractivity (Wildman–Crippen MR) is 67.1 cm³/mol. The maximum atomic E-state index is 13.2. The van der Waals surface area contributed by atoms with Gasteiger partial charge in [-0.05, 0) is 18.2 Å². The van der Waals surface area contributed by atoms with Crippen LogP contribution in [0.1, 0.15) is 6.42 Å². The molecule has 0 aliphatic carbocycles. The van der Waals surface area contributed by atoms with Gasteiger partial charge in [0.05, 0.1) is 11.0 Å².